The van der Waals surface area contributed by atoms with Gasteiger partial charge < -0.3 is 45.5 Å². The summed E-state index contributed by atoms with van der Waals surface area (Å²) < 4.78 is 53.5. The highest BCUT2D eigenvalue weighted by Crippen LogP contribution is 2.66. The second-order valence-corrected chi connectivity index (χ2v) is 11.9. The molecular formula is C14H19ClN5O13P3. The number of ether oxygens (including phenoxy) is 1. The summed E-state index contributed by atoms with van der Waals surface area (Å²) in [5.74, 6) is 2.10. The van der Waals surface area contributed by atoms with Crippen molar-refractivity contribution in [2.45, 2.75) is 37.0 Å². The van der Waals surface area contributed by atoms with E-state index in [1.54, 1.807) is 0 Å². The van der Waals surface area contributed by atoms with Crippen molar-refractivity contribution in [1.29, 1.82) is 0 Å². The Kier molecular flexibility index (Phi) is 7.97. The Morgan fingerprint density at radius 2 is 1.92 bits per heavy atom. The molecule has 3 heterocycles. The van der Waals surface area contributed by atoms with E-state index in [0.29, 0.717) is 0 Å². The fraction of sp³-hybridized carbons (Fsp3) is 0.429. The Hall–Kier alpha value is -1.64. The molecule has 18 nitrogen and oxygen atoms in total. The predicted octanol–water partition coefficient (Wildman–Crippen LogP) is -0.806. The minimum atomic E-state index is -5.79. The van der Waals surface area contributed by atoms with Crippen molar-refractivity contribution in [3.05, 3.63) is 22.6 Å². The summed E-state index contributed by atoms with van der Waals surface area (Å²) >= 11 is 5.51. The molecule has 3 rings (SSSR count). The van der Waals surface area contributed by atoms with Crippen LogP contribution in [0.25, 0.3) is 11.0 Å². The molecule has 0 bridgehead atoms. The average Bonchev–Trinajstić information content (AvgIpc) is 3.18. The van der Waals surface area contributed by atoms with Gasteiger partial charge in [-0.25, -0.2) is 13.7 Å². The summed E-state index contributed by atoms with van der Waals surface area (Å²) in [7, 11) is -17.0. The van der Waals surface area contributed by atoms with Crippen LogP contribution >= 0.6 is 35.1 Å². The van der Waals surface area contributed by atoms with Crippen molar-refractivity contribution >= 4 is 52.1 Å². The number of aromatic amines is 1. The van der Waals surface area contributed by atoms with E-state index in [9.17, 15) is 33.4 Å². The third kappa shape index (κ3) is 6.08. The average molecular weight is 594 g/mol. The zero-order valence-electron chi connectivity index (χ0n) is 17.7. The number of anilines is 1. The number of hydrogen-bond acceptors (Lipinski definition) is 12. The van der Waals surface area contributed by atoms with E-state index < -0.39 is 59.1 Å². The van der Waals surface area contributed by atoms with Gasteiger partial charge in [-0.1, -0.05) is 5.92 Å². The van der Waals surface area contributed by atoms with Crippen molar-refractivity contribution < 1.29 is 56.3 Å². The van der Waals surface area contributed by atoms with Crippen molar-refractivity contribution in [1.82, 2.24) is 14.5 Å². The van der Waals surface area contributed by atoms with Gasteiger partial charge in [0.15, 0.2) is 17.4 Å². The van der Waals surface area contributed by atoms with Gasteiger partial charge in [0, 0.05) is 11.6 Å². The lowest BCUT2D eigenvalue weighted by Crippen LogP contribution is -2.54. The summed E-state index contributed by atoms with van der Waals surface area (Å²) in [6, 6.07) is 1.34. The first-order chi connectivity index (χ1) is 16.4. The number of phosphoric ester groups is 1. The van der Waals surface area contributed by atoms with Gasteiger partial charge in [0.05, 0.1) is 11.5 Å². The Labute approximate surface area is 205 Å². The van der Waals surface area contributed by atoms with Crippen LogP contribution in [0.15, 0.2) is 17.1 Å². The van der Waals surface area contributed by atoms with Crippen molar-refractivity contribution in [2.75, 3.05) is 5.73 Å². The highest BCUT2D eigenvalue weighted by molar-refractivity contribution is 7.66. The Morgan fingerprint density at radius 1 is 1.28 bits per heavy atom. The van der Waals surface area contributed by atoms with E-state index in [2.05, 4.69) is 24.5 Å². The van der Waals surface area contributed by atoms with Gasteiger partial charge in [0.2, 0.25) is 5.95 Å². The number of aliphatic hydroxyl groups excluding tert-OH is 1. The minimum absolute atomic E-state index is 0.0270. The number of nitrogens with two attached hydrogens (primary N) is 2. The van der Waals surface area contributed by atoms with E-state index in [0.717, 1.165) is 6.92 Å². The number of nitrogen functional groups attached to an aromatic ring is 1. The highest BCUT2D eigenvalue weighted by atomic mass is 35.5. The lowest BCUT2D eigenvalue weighted by Gasteiger charge is -2.28. The highest BCUT2D eigenvalue weighted by Gasteiger charge is 2.57. The maximum absolute atomic E-state index is 12.2. The van der Waals surface area contributed by atoms with Gasteiger partial charge >= 0.3 is 23.5 Å². The summed E-state index contributed by atoms with van der Waals surface area (Å²) in [5.41, 5.74) is 9.20. The molecule has 2 aromatic heterocycles. The Bertz CT molecular complexity index is 1430. The number of rotatable bonds is 8. The van der Waals surface area contributed by atoms with Crippen LogP contribution in [0.5, 0.6) is 0 Å². The minimum Gasteiger partial charge on any atom is -0.387 e. The standard InChI is InChI=1S/C14H19ClN5O13P3/c1-6(31-35(26,27)33-36(28,29)32-34(23,24)25)8-9(21)14(17,3-4-15)12(30-8)20-5-2-7-10(20)18-13(16)19-11(7)22/h2,5-6,8-9,12,21H,17H2,1H3,(H,26,27)(H,28,29)(H2,23,24,25)(H3,16,18,19,22)/t6-,8+,9-,12+,14?/m0/s1. The molecule has 7 atom stereocenters. The number of aromatic nitrogens is 3. The fourth-order valence-electron chi connectivity index (χ4n) is 3.45. The van der Waals surface area contributed by atoms with Crippen LogP contribution in [0.3, 0.4) is 0 Å². The molecule has 0 amide bonds. The fourth-order valence-corrected chi connectivity index (χ4v) is 6.82. The monoisotopic (exact) mass is 593 g/mol. The number of nitrogens with one attached hydrogen (secondary N) is 1. The second kappa shape index (κ2) is 9.91. The molecule has 0 saturated carbocycles. The number of fused-ring (bicyclic) bond motifs is 1. The maximum atomic E-state index is 12.2. The van der Waals surface area contributed by atoms with Gasteiger partial charge in [0.1, 0.15) is 12.2 Å². The van der Waals surface area contributed by atoms with Crippen LogP contribution in [-0.4, -0.2) is 63.1 Å². The molecule has 1 aliphatic rings. The third-order valence-corrected chi connectivity index (χ3v) is 8.81. The lowest BCUT2D eigenvalue weighted by atomic mass is 9.90. The molecule has 36 heavy (non-hydrogen) atoms. The molecule has 0 aliphatic carbocycles. The zero-order chi connectivity index (χ0) is 27.3. The van der Waals surface area contributed by atoms with Crippen LogP contribution in [-0.2, 0) is 31.6 Å². The summed E-state index contributed by atoms with van der Waals surface area (Å²) in [6.45, 7) is 1.07. The van der Waals surface area contributed by atoms with Gasteiger partial charge in [0.25, 0.3) is 5.56 Å². The van der Waals surface area contributed by atoms with Crippen molar-refractivity contribution in [3.63, 3.8) is 0 Å². The summed E-state index contributed by atoms with van der Waals surface area (Å²) in [4.78, 5) is 54.8. The molecule has 1 aliphatic heterocycles. The van der Waals surface area contributed by atoms with Crippen LogP contribution in [0.1, 0.15) is 13.2 Å². The quantitative estimate of drug-likeness (QED) is 0.137. The van der Waals surface area contributed by atoms with Gasteiger partial charge in [-0.05, 0) is 24.6 Å². The molecule has 10 N–H and O–H groups in total. The van der Waals surface area contributed by atoms with Crippen LogP contribution < -0.4 is 17.0 Å². The lowest BCUT2D eigenvalue weighted by molar-refractivity contribution is -0.0732. The number of nitrogens with zero attached hydrogens (tertiary/aromatic N) is 2. The molecule has 22 heteroatoms. The van der Waals surface area contributed by atoms with Crippen molar-refractivity contribution in [2.24, 2.45) is 5.73 Å². The topological polar surface area (TPSA) is 292 Å². The third-order valence-electron chi connectivity index (χ3n) is 4.79. The van der Waals surface area contributed by atoms with E-state index in [4.69, 9.17) is 42.1 Å². The number of hydrogen-bond donors (Lipinski definition) is 8. The Balaban J connectivity index is 1.92. The maximum Gasteiger partial charge on any atom is 0.490 e. The smallest absolute Gasteiger partial charge is 0.387 e. The van der Waals surface area contributed by atoms with Gasteiger partial charge in [-0.3, -0.25) is 14.3 Å². The largest absolute Gasteiger partial charge is 0.490 e. The first-order valence-corrected chi connectivity index (χ1v) is 14.2. The van der Waals surface area contributed by atoms with Crippen LogP contribution in [0, 0.1) is 11.3 Å². The van der Waals surface area contributed by atoms with Crippen LogP contribution in [0.2, 0.25) is 0 Å². The predicted molar refractivity (Wildman–Crippen MR) is 120 cm³/mol. The molecule has 0 spiro atoms. The zero-order valence-corrected chi connectivity index (χ0v) is 21.2. The number of H-pyrrole nitrogens is 1. The molecular weight excluding hydrogens is 575 g/mol. The molecule has 0 aromatic carbocycles. The SMILES string of the molecule is C[C@H](OP(=O)(O)OP(=O)(O)OP(=O)(O)O)[C@H]1O[C@@H](n2ccc3c(=O)[nH]c(N)nc32)C(N)(C#CCl)[C@H]1O. The number of phosphoric acid groups is 3. The molecule has 1 fully saturated rings. The molecule has 1 saturated heterocycles. The molecule has 2 aromatic rings. The molecule has 3 unspecified atom stereocenters. The summed E-state index contributed by atoms with van der Waals surface area (Å²) in [6.07, 6.45) is -5.19. The normalized spacial score (nSPS) is 28.7. The first kappa shape index (κ1) is 28.9. The van der Waals surface area contributed by atoms with E-state index in [1.165, 1.54) is 16.8 Å². The number of aliphatic hydroxyl groups is 1. The van der Waals surface area contributed by atoms with Gasteiger partial charge in [-0.15, -0.1) is 0 Å². The molecule has 200 valence electrons. The van der Waals surface area contributed by atoms with E-state index in [-0.39, 0.29) is 17.0 Å². The van der Waals surface area contributed by atoms with Crippen LogP contribution in [0.4, 0.5) is 5.95 Å². The molecule has 0 radical (unpaired) electrons. The second-order valence-electron chi connectivity index (χ2n) is 7.36. The van der Waals surface area contributed by atoms with Gasteiger partial charge in [-0.2, -0.15) is 13.6 Å². The van der Waals surface area contributed by atoms with E-state index >= 15 is 0 Å². The summed E-state index contributed by atoms with van der Waals surface area (Å²) in [5, 5.41) is 12.9. The first-order valence-electron chi connectivity index (χ1n) is 9.33. The van der Waals surface area contributed by atoms with E-state index in [1.807, 2.05) is 5.38 Å². The number of halogens is 1. The Morgan fingerprint density at radius 3 is 2.50 bits per heavy atom. The van der Waals surface area contributed by atoms with Crippen molar-refractivity contribution in [3.8, 4) is 11.3 Å².